The Balaban J connectivity index is 1.91. The van der Waals surface area contributed by atoms with E-state index in [1.807, 2.05) is 19.1 Å². The molecule has 3 nitrogen and oxygen atoms in total. The van der Waals surface area contributed by atoms with Gasteiger partial charge in [-0.1, -0.05) is 24.3 Å². The first-order valence-electron chi connectivity index (χ1n) is 7.45. The third-order valence-corrected chi connectivity index (χ3v) is 4.22. The van der Waals surface area contributed by atoms with E-state index in [1.54, 1.807) is 7.11 Å². The van der Waals surface area contributed by atoms with Gasteiger partial charge >= 0.3 is 0 Å². The zero-order valence-corrected chi connectivity index (χ0v) is 13.1. The summed E-state index contributed by atoms with van der Waals surface area (Å²) in [7, 11) is 1.69. The van der Waals surface area contributed by atoms with Crippen molar-refractivity contribution >= 4 is 0 Å². The minimum absolute atomic E-state index is 0.206. The standard InChI is InChI=1S/C18H24N2O/c1-15(2)13-18(19-3)9-11-20(12-10-18)14-16-5-7-17(21-4)8-6-16/h5-8H,1,9-14H2,2,4H3. The van der Waals surface area contributed by atoms with Gasteiger partial charge in [0.05, 0.1) is 7.11 Å². The highest BCUT2D eigenvalue weighted by Crippen LogP contribution is 2.33. The molecule has 21 heavy (non-hydrogen) atoms. The normalized spacial score (nSPS) is 18.0. The zero-order valence-electron chi connectivity index (χ0n) is 13.1. The molecule has 1 aliphatic rings. The maximum Gasteiger partial charge on any atom is 0.238 e. The van der Waals surface area contributed by atoms with Gasteiger partial charge in [-0.3, -0.25) is 4.90 Å². The van der Waals surface area contributed by atoms with Gasteiger partial charge in [0, 0.05) is 38.9 Å². The lowest BCUT2D eigenvalue weighted by Crippen LogP contribution is -2.42. The molecule has 0 bridgehead atoms. The Morgan fingerprint density at radius 3 is 2.43 bits per heavy atom. The minimum Gasteiger partial charge on any atom is -0.497 e. The molecule has 0 aliphatic carbocycles. The lowest BCUT2D eigenvalue weighted by atomic mass is 9.83. The topological polar surface area (TPSA) is 16.8 Å². The third-order valence-electron chi connectivity index (χ3n) is 4.22. The third kappa shape index (κ3) is 4.09. The van der Waals surface area contributed by atoms with E-state index < -0.39 is 0 Å². The van der Waals surface area contributed by atoms with E-state index in [4.69, 9.17) is 11.3 Å². The van der Waals surface area contributed by atoms with Crippen LogP contribution in [0.5, 0.6) is 5.75 Å². The highest BCUT2D eigenvalue weighted by atomic mass is 16.5. The molecule has 1 aliphatic heterocycles. The number of benzene rings is 1. The van der Waals surface area contributed by atoms with Crippen molar-refractivity contribution in [1.29, 1.82) is 0 Å². The molecule has 1 saturated heterocycles. The number of hydrogen-bond acceptors (Lipinski definition) is 2. The summed E-state index contributed by atoms with van der Waals surface area (Å²) in [5, 5.41) is 0. The van der Waals surface area contributed by atoms with Crippen LogP contribution in [0.1, 0.15) is 31.7 Å². The average molecular weight is 284 g/mol. The van der Waals surface area contributed by atoms with Crippen LogP contribution in [-0.4, -0.2) is 30.6 Å². The van der Waals surface area contributed by atoms with Crippen LogP contribution in [0, 0.1) is 6.57 Å². The van der Waals surface area contributed by atoms with E-state index >= 15 is 0 Å². The molecule has 3 heteroatoms. The molecule has 1 aromatic rings. The summed E-state index contributed by atoms with van der Waals surface area (Å²) >= 11 is 0. The molecule has 1 aromatic carbocycles. The number of methoxy groups -OCH3 is 1. The van der Waals surface area contributed by atoms with Crippen LogP contribution in [0.3, 0.4) is 0 Å². The smallest absolute Gasteiger partial charge is 0.238 e. The number of rotatable bonds is 5. The first-order valence-corrected chi connectivity index (χ1v) is 7.45. The van der Waals surface area contributed by atoms with Crippen molar-refractivity contribution in [3.63, 3.8) is 0 Å². The van der Waals surface area contributed by atoms with E-state index in [0.717, 1.165) is 50.2 Å². The fourth-order valence-electron chi connectivity index (χ4n) is 3.01. The molecule has 0 unspecified atom stereocenters. The van der Waals surface area contributed by atoms with Gasteiger partial charge in [-0.15, -0.1) is 0 Å². The van der Waals surface area contributed by atoms with Gasteiger partial charge in [0.1, 0.15) is 5.75 Å². The van der Waals surface area contributed by atoms with Crippen LogP contribution in [0.4, 0.5) is 0 Å². The molecular weight excluding hydrogens is 260 g/mol. The summed E-state index contributed by atoms with van der Waals surface area (Å²) in [6.07, 6.45) is 2.73. The van der Waals surface area contributed by atoms with Crippen molar-refractivity contribution in [2.45, 2.75) is 38.3 Å². The second-order valence-electron chi connectivity index (χ2n) is 6.09. The molecule has 0 amide bonds. The fraction of sp³-hybridized carbons (Fsp3) is 0.500. The number of piperidine rings is 1. The van der Waals surface area contributed by atoms with Gasteiger partial charge in [0.2, 0.25) is 5.54 Å². The Hall–Kier alpha value is -1.79. The number of ether oxygens (including phenoxy) is 1. The second kappa shape index (κ2) is 6.78. The Labute approximate surface area is 128 Å². The molecule has 0 N–H and O–H groups in total. The second-order valence-corrected chi connectivity index (χ2v) is 6.09. The van der Waals surface area contributed by atoms with Gasteiger partial charge in [0.25, 0.3) is 0 Å². The van der Waals surface area contributed by atoms with Crippen molar-refractivity contribution in [2.24, 2.45) is 0 Å². The molecule has 2 rings (SSSR count). The van der Waals surface area contributed by atoms with E-state index in [0.29, 0.717) is 0 Å². The molecule has 0 radical (unpaired) electrons. The average Bonchev–Trinajstić information content (AvgIpc) is 2.50. The fourth-order valence-corrected chi connectivity index (χ4v) is 3.01. The lowest BCUT2D eigenvalue weighted by molar-refractivity contribution is 0.174. The minimum atomic E-state index is -0.206. The Bertz CT molecular complexity index is 519. The molecule has 0 aromatic heterocycles. The van der Waals surface area contributed by atoms with Crippen LogP contribution in [0.15, 0.2) is 36.4 Å². The molecule has 112 valence electrons. The lowest BCUT2D eigenvalue weighted by Gasteiger charge is -2.34. The molecule has 1 fully saturated rings. The highest BCUT2D eigenvalue weighted by Gasteiger charge is 2.40. The van der Waals surface area contributed by atoms with E-state index in [-0.39, 0.29) is 5.54 Å². The SMILES string of the molecule is [C-]#[N+]C1(CC(=C)C)CCN(Cc2ccc(OC)cc2)CC1. The van der Waals surface area contributed by atoms with Gasteiger partial charge in [-0.2, -0.15) is 0 Å². The summed E-state index contributed by atoms with van der Waals surface area (Å²) in [6.45, 7) is 16.4. The quantitative estimate of drug-likeness (QED) is 0.602. The summed E-state index contributed by atoms with van der Waals surface area (Å²) in [5.74, 6) is 0.894. The van der Waals surface area contributed by atoms with Gasteiger partial charge in [-0.05, 0) is 24.6 Å². The van der Waals surface area contributed by atoms with Gasteiger partial charge in [-0.25, -0.2) is 6.57 Å². The first kappa shape index (κ1) is 15.6. The van der Waals surface area contributed by atoms with Gasteiger partial charge < -0.3 is 9.58 Å². The summed E-state index contributed by atoms with van der Waals surface area (Å²) < 4.78 is 5.18. The summed E-state index contributed by atoms with van der Waals surface area (Å²) in [4.78, 5) is 6.36. The zero-order chi connectivity index (χ0) is 15.3. The monoisotopic (exact) mass is 284 g/mol. The molecule has 0 spiro atoms. The van der Waals surface area contributed by atoms with E-state index in [9.17, 15) is 0 Å². The largest absolute Gasteiger partial charge is 0.497 e. The number of likely N-dealkylation sites (tertiary alicyclic amines) is 1. The van der Waals surface area contributed by atoms with Crippen molar-refractivity contribution in [1.82, 2.24) is 4.90 Å². The Kier molecular flexibility index (Phi) is 5.03. The first-order chi connectivity index (χ1) is 10.1. The van der Waals surface area contributed by atoms with Crippen molar-refractivity contribution < 1.29 is 4.74 Å². The van der Waals surface area contributed by atoms with Crippen LogP contribution in [-0.2, 0) is 6.54 Å². The Morgan fingerprint density at radius 1 is 1.33 bits per heavy atom. The van der Waals surface area contributed by atoms with Gasteiger partial charge in [0.15, 0.2) is 0 Å². The van der Waals surface area contributed by atoms with Crippen LogP contribution >= 0.6 is 0 Å². The number of nitrogens with zero attached hydrogens (tertiary/aromatic N) is 2. The van der Waals surface area contributed by atoms with E-state index in [2.05, 4.69) is 28.5 Å². The maximum absolute atomic E-state index is 7.52. The molecule has 0 atom stereocenters. The van der Waals surface area contributed by atoms with E-state index in [1.165, 1.54) is 5.56 Å². The predicted octanol–water partition coefficient (Wildman–Crippen LogP) is 3.92. The maximum atomic E-state index is 7.52. The highest BCUT2D eigenvalue weighted by molar-refractivity contribution is 5.27. The van der Waals surface area contributed by atoms with Crippen LogP contribution in [0.25, 0.3) is 4.85 Å². The van der Waals surface area contributed by atoms with Crippen molar-refractivity contribution in [2.75, 3.05) is 20.2 Å². The van der Waals surface area contributed by atoms with Crippen LogP contribution in [0.2, 0.25) is 0 Å². The Morgan fingerprint density at radius 2 is 1.95 bits per heavy atom. The van der Waals surface area contributed by atoms with Crippen molar-refractivity contribution in [3.05, 3.63) is 53.4 Å². The number of hydrogen-bond donors (Lipinski definition) is 0. The van der Waals surface area contributed by atoms with Crippen molar-refractivity contribution in [3.8, 4) is 5.75 Å². The molecule has 0 saturated carbocycles. The summed E-state index contributed by atoms with van der Waals surface area (Å²) in [5.41, 5.74) is 2.21. The molecular formula is C18H24N2O. The van der Waals surface area contributed by atoms with Crippen LogP contribution < -0.4 is 4.74 Å². The molecule has 1 heterocycles. The summed E-state index contributed by atoms with van der Waals surface area (Å²) in [6, 6.07) is 8.24. The predicted molar refractivity (Wildman–Crippen MR) is 86.3 cm³/mol.